The predicted octanol–water partition coefficient (Wildman–Crippen LogP) is 5.43. The first-order chi connectivity index (χ1) is 18.4. The van der Waals surface area contributed by atoms with Crippen molar-refractivity contribution < 1.29 is 22.8 Å². The van der Waals surface area contributed by atoms with Gasteiger partial charge in [0.2, 0.25) is 5.91 Å². The average molecular weight is 558 g/mol. The Kier molecular flexibility index (Phi) is 8.11. The zero-order chi connectivity index (χ0) is 28.3. The number of hydrogen-bond donors (Lipinski definition) is 3. The SMILES string of the molecule is CC(=O)Nc1ncc(-c2cn(-c3cc(C(=O)Nc4cc(CNC(C)C)cc(C(F)(F)F)c4)ccc3C)nn2)s1. The van der Waals surface area contributed by atoms with E-state index in [-0.39, 0.29) is 29.7 Å². The minimum atomic E-state index is -4.56. The van der Waals surface area contributed by atoms with Crippen molar-refractivity contribution in [2.75, 3.05) is 10.6 Å². The van der Waals surface area contributed by atoms with Gasteiger partial charge < -0.3 is 16.0 Å². The van der Waals surface area contributed by atoms with Crippen molar-refractivity contribution in [3.05, 3.63) is 71.0 Å². The normalized spacial score (nSPS) is 11.6. The number of carbonyl (C=O) groups is 2. The highest BCUT2D eigenvalue weighted by molar-refractivity contribution is 7.19. The van der Waals surface area contributed by atoms with Crippen molar-refractivity contribution in [2.45, 2.75) is 46.5 Å². The van der Waals surface area contributed by atoms with Gasteiger partial charge in [-0.25, -0.2) is 9.67 Å². The maximum absolute atomic E-state index is 13.5. The minimum absolute atomic E-state index is 0.0423. The second-order valence-electron chi connectivity index (χ2n) is 9.17. The number of carbonyl (C=O) groups excluding carboxylic acids is 2. The molecule has 0 fully saturated rings. The zero-order valence-corrected chi connectivity index (χ0v) is 22.4. The fourth-order valence-corrected chi connectivity index (χ4v) is 4.46. The second kappa shape index (κ2) is 11.3. The van der Waals surface area contributed by atoms with E-state index < -0.39 is 17.6 Å². The van der Waals surface area contributed by atoms with E-state index in [2.05, 4.69) is 31.2 Å². The lowest BCUT2D eigenvalue weighted by Gasteiger charge is -2.15. The minimum Gasteiger partial charge on any atom is -0.322 e. The van der Waals surface area contributed by atoms with Gasteiger partial charge in [0.05, 0.1) is 22.3 Å². The van der Waals surface area contributed by atoms with E-state index in [1.807, 2.05) is 20.8 Å². The number of thiazole rings is 1. The first-order valence-corrected chi connectivity index (χ1v) is 12.7. The van der Waals surface area contributed by atoms with Crippen molar-refractivity contribution in [2.24, 2.45) is 0 Å². The maximum Gasteiger partial charge on any atom is 0.416 e. The van der Waals surface area contributed by atoms with Gasteiger partial charge in [-0.1, -0.05) is 36.5 Å². The van der Waals surface area contributed by atoms with Crippen LogP contribution < -0.4 is 16.0 Å². The van der Waals surface area contributed by atoms with E-state index in [1.165, 1.54) is 29.0 Å². The molecule has 39 heavy (non-hydrogen) atoms. The maximum atomic E-state index is 13.5. The molecule has 0 aliphatic heterocycles. The summed E-state index contributed by atoms with van der Waals surface area (Å²) in [6.07, 6.45) is -1.33. The van der Waals surface area contributed by atoms with Crippen LogP contribution in [0.2, 0.25) is 0 Å². The first kappa shape index (κ1) is 27.9. The summed E-state index contributed by atoms with van der Waals surface area (Å²) >= 11 is 1.24. The molecule has 4 rings (SSSR count). The van der Waals surface area contributed by atoms with Gasteiger partial charge >= 0.3 is 6.18 Å². The molecule has 0 unspecified atom stereocenters. The molecule has 0 atom stereocenters. The van der Waals surface area contributed by atoms with Crippen LogP contribution in [0.4, 0.5) is 24.0 Å². The van der Waals surface area contributed by atoms with Crippen LogP contribution in [0.15, 0.2) is 48.8 Å². The van der Waals surface area contributed by atoms with Gasteiger partial charge in [-0.3, -0.25) is 9.59 Å². The van der Waals surface area contributed by atoms with E-state index in [9.17, 15) is 22.8 Å². The standard InChI is InChI=1S/C26H26F3N7O2S/c1-14(2)30-11-17-7-19(26(27,28)29)10-20(8-17)33-24(38)18-6-5-15(3)22(9-18)36-13-21(34-35-36)23-12-31-25(39-23)32-16(4)37/h5-10,12-14,30H,11H2,1-4H3,(H,33,38)(H,31,32,37). The fourth-order valence-electron chi connectivity index (χ4n) is 3.65. The molecule has 3 N–H and O–H groups in total. The first-order valence-electron chi connectivity index (χ1n) is 11.9. The Hall–Kier alpha value is -4.10. The van der Waals surface area contributed by atoms with Crippen molar-refractivity contribution >= 4 is 34.0 Å². The monoisotopic (exact) mass is 557 g/mol. The number of halogens is 3. The highest BCUT2D eigenvalue weighted by Crippen LogP contribution is 2.32. The van der Waals surface area contributed by atoms with Crippen LogP contribution in [0.5, 0.6) is 0 Å². The molecule has 0 radical (unpaired) electrons. The molecule has 2 aromatic carbocycles. The highest BCUT2D eigenvalue weighted by Gasteiger charge is 2.31. The van der Waals surface area contributed by atoms with Crippen LogP contribution in [0.1, 0.15) is 47.8 Å². The van der Waals surface area contributed by atoms with Gasteiger partial charge in [0, 0.05) is 37.0 Å². The van der Waals surface area contributed by atoms with E-state index in [1.54, 1.807) is 30.6 Å². The third kappa shape index (κ3) is 7.06. The predicted molar refractivity (Wildman–Crippen MR) is 143 cm³/mol. The number of hydrogen-bond acceptors (Lipinski definition) is 7. The molecule has 2 amide bonds. The summed E-state index contributed by atoms with van der Waals surface area (Å²) in [4.78, 5) is 29.2. The highest BCUT2D eigenvalue weighted by atomic mass is 32.1. The lowest BCUT2D eigenvalue weighted by atomic mass is 10.1. The van der Waals surface area contributed by atoms with Gasteiger partial charge in [0.1, 0.15) is 5.69 Å². The Morgan fingerprint density at radius 2 is 1.87 bits per heavy atom. The van der Waals surface area contributed by atoms with Crippen LogP contribution in [0.3, 0.4) is 0 Å². The quantitative estimate of drug-likeness (QED) is 0.266. The number of alkyl halides is 3. The van der Waals surface area contributed by atoms with Gasteiger partial charge in [0.25, 0.3) is 5.91 Å². The molecule has 0 aliphatic carbocycles. The van der Waals surface area contributed by atoms with E-state index in [0.717, 1.165) is 17.7 Å². The summed E-state index contributed by atoms with van der Waals surface area (Å²) in [5, 5.41) is 17.1. The number of nitrogens with zero attached hydrogens (tertiary/aromatic N) is 4. The van der Waals surface area contributed by atoms with Crippen LogP contribution in [0, 0.1) is 6.92 Å². The lowest BCUT2D eigenvalue weighted by Crippen LogP contribution is -2.22. The Bertz CT molecular complexity index is 1510. The fraction of sp³-hybridized carbons (Fsp3) is 0.269. The van der Waals surface area contributed by atoms with E-state index in [4.69, 9.17) is 0 Å². The Morgan fingerprint density at radius 1 is 1.10 bits per heavy atom. The molecule has 0 aliphatic rings. The molecule has 0 saturated heterocycles. The molecule has 0 spiro atoms. The largest absolute Gasteiger partial charge is 0.416 e. The third-order valence-electron chi connectivity index (χ3n) is 5.55. The smallest absolute Gasteiger partial charge is 0.322 e. The average Bonchev–Trinajstić information content (AvgIpc) is 3.52. The number of anilines is 2. The molecular weight excluding hydrogens is 531 g/mol. The Labute approximate surface area is 226 Å². The molecule has 0 bridgehead atoms. The second-order valence-corrected chi connectivity index (χ2v) is 10.2. The van der Waals surface area contributed by atoms with Crippen molar-refractivity contribution in [3.63, 3.8) is 0 Å². The Balaban J connectivity index is 1.58. The number of amides is 2. The summed E-state index contributed by atoms with van der Waals surface area (Å²) in [7, 11) is 0. The van der Waals surface area contributed by atoms with E-state index in [0.29, 0.717) is 27.0 Å². The third-order valence-corrected chi connectivity index (χ3v) is 6.48. The molecule has 4 aromatic rings. The van der Waals surface area contributed by atoms with Gasteiger partial charge in [-0.2, -0.15) is 13.2 Å². The zero-order valence-electron chi connectivity index (χ0n) is 21.6. The summed E-state index contributed by atoms with van der Waals surface area (Å²) in [5.74, 6) is -0.806. The van der Waals surface area contributed by atoms with Crippen LogP contribution in [-0.2, 0) is 17.5 Å². The number of rotatable bonds is 8. The summed E-state index contributed by atoms with van der Waals surface area (Å²) in [6, 6.07) is 8.48. The lowest BCUT2D eigenvalue weighted by molar-refractivity contribution is -0.137. The number of nitrogens with one attached hydrogen (secondary N) is 3. The summed E-state index contributed by atoms with van der Waals surface area (Å²) in [5.41, 5.74) is 1.72. The van der Waals surface area contributed by atoms with Gasteiger partial charge in [0.15, 0.2) is 5.13 Å². The van der Waals surface area contributed by atoms with Crippen LogP contribution in [0.25, 0.3) is 16.3 Å². The molecule has 2 aromatic heterocycles. The van der Waals surface area contributed by atoms with Crippen molar-refractivity contribution in [1.29, 1.82) is 0 Å². The number of aromatic nitrogens is 4. The van der Waals surface area contributed by atoms with Gasteiger partial charge in [-0.15, -0.1) is 5.10 Å². The number of aryl methyl sites for hydroxylation is 1. The molecule has 0 saturated carbocycles. The summed E-state index contributed by atoms with van der Waals surface area (Å²) < 4.78 is 42.0. The molecule has 2 heterocycles. The van der Waals surface area contributed by atoms with E-state index >= 15 is 0 Å². The number of benzene rings is 2. The topological polar surface area (TPSA) is 114 Å². The van der Waals surface area contributed by atoms with Crippen LogP contribution in [-0.4, -0.2) is 37.8 Å². The van der Waals surface area contributed by atoms with Gasteiger partial charge in [-0.05, 0) is 48.4 Å². The van der Waals surface area contributed by atoms with Crippen molar-refractivity contribution in [1.82, 2.24) is 25.3 Å². The van der Waals surface area contributed by atoms with Crippen LogP contribution >= 0.6 is 11.3 Å². The Morgan fingerprint density at radius 3 is 2.56 bits per heavy atom. The molecule has 204 valence electrons. The molecular formula is C26H26F3N7O2S. The molecule has 9 nitrogen and oxygen atoms in total. The molecule has 13 heteroatoms. The van der Waals surface area contributed by atoms with Crippen molar-refractivity contribution in [3.8, 4) is 16.3 Å². The summed E-state index contributed by atoms with van der Waals surface area (Å²) in [6.45, 7) is 7.23.